The van der Waals surface area contributed by atoms with Gasteiger partial charge in [-0.3, -0.25) is 15.2 Å². The van der Waals surface area contributed by atoms with Crippen molar-refractivity contribution >= 4 is 5.97 Å². The predicted molar refractivity (Wildman–Crippen MR) is 77.8 cm³/mol. The van der Waals surface area contributed by atoms with Crippen LogP contribution in [0.3, 0.4) is 0 Å². The number of aliphatic carboxylic acids is 1. The van der Waals surface area contributed by atoms with E-state index in [-0.39, 0.29) is 0 Å². The molecule has 3 N–H and O–H groups in total. The molecule has 0 aliphatic heterocycles. The summed E-state index contributed by atoms with van der Waals surface area (Å²) in [6, 6.07) is 1.69. The normalized spacial score (nSPS) is 32.5. The van der Waals surface area contributed by atoms with Crippen LogP contribution in [-0.2, 0) is 11.3 Å². The van der Waals surface area contributed by atoms with Gasteiger partial charge in [-0.25, -0.2) is 0 Å². The lowest BCUT2D eigenvalue weighted by Crippen LogP contribution is -2.42. The fraction of sp³-hybridized carbons (Fsp3) is 0.750. The van der Waals surface area contributed by atoms with Crippen molar-refractivity contribution in [3.8, 4) is 0 Å². The molecule has 1 aromatic heterocycles. The molecule has 0 spiro atoms. The van der Waals surface area contributed by atoms with Crippen molar-refractivity contribution in [2.45, 2.75) is 57.0 Å². The van der Waals surface area contributed by atoms with E-state index in [1.165, 1.54) is 25.7 Å². The van der Waals surface area contributed by atoms with E-state index in [4.69, 9.17) is 0 Å². The minimum absolute atomic E-state index is 0.306. The van der Waals surface area contributed by atoms with Crippen molar-refractivity contribution in [1.29, 1.82) is 0 Å². The van der Waals surface area contributed by atoms with E-state index in [9.17, 15) is 9.90 Å². The SMILES string of the molecule is O=C(O)C(NCc1cc(C2CCC2)n[nH]1)C1CC2CC2C1. The first-order chi connectivity index (χ1) is 10.2. The number of carboxylic acid groups (broad SMARTS) is 1. The third-order valence-corrected chi connectivity index (χ3v) is 5.70. The summed E-state index contributed by atoms with van der Waals surface area (Å²) in [6.45, 7) is 0.572. The third kappa shape index (κ3) is 2.59. The number of rotatable bonds is 6. The van der Waals surface area contributed by atoms with Gasteiger partial charge in [0.15, 0.2) is 0 Å². The Kier molecular flexibility index (Phi) is 3.25. The van der Waals surface area contributed by atoms with E-state index in [2.05, 4.69) is 21.6 Å². The van der Waals surface area contributed by atoms with E-state index in [1.54, 1.807) is 0 Å². The fourth-order valence-corrected chi connectivity index (χ4v) is 4.09. The van der Waals surface area contributed by atoms with Gasteiger partial charge in [0.05, 0.1) is 5.69 Å². The second-order valence-corrected chi connectivity index (χ2v) is 7.13. The molecule has 114 valence electrons. The molecule has 5 nitrogen and oxygen atoms in total. The van der Waals surface area contributed by atoms with Gasteiger partial charge >= 0.3 is 5.97 Å². The Morgan fingerprint density at radius 1 is 1.38 bits per heavy atom. The number of nitrogens with zero attached hydrogens (tertiary/aromatic N) is 1. The minimum atomic E-state index is -0.708. The van der Waals surface area contributed by atoms with Crippen LogP contribution in [0.4, 0.5) is 0 Å². The Morgan fingerprint density at radius 3 is 2.76 bits per heavy atom. The summed E-state index contributed by atoms with van der Waals surface area (Å²) in [5.41, 5.74) is 2.15. The van der Waals surface area contributed by atoms with E-state index in [1.807, 2.05) is 0 Å². The van der Waals surface area contributed by atoms with Crippen LogP contribution < -0.4 is 5.32 Å². The lowest BCUT2D eigenvalue weighted by atomic mass is 9.83. The molecule has 5 heteroatoms. The first-order valence-electron chi connectivity index (χ1n) is 8.21. The van der Waals surface area contributed by atoms with E-state index in [0.717, 1.165) is 36.1 Å². The number of hydrogen-bond acceptors (Lipinski definition) is 3. The van der Waals surface area contributed by atoms with Gasteiger partial charge in [0.2, 0.25) is 0 Å². The van der Waals surface area contributed by atoms with Crippen molar-refractivity contribution in [1.82, 2.24) is 15.5 Å². The summed E-state index contributed by atoms with van der Waals surface area (Å²) in [5.74, 6) is 1.85. The van der Waals surface area contributed by atoms with Crippen molar-refractivity contribution in [3.63, 3.8) is 0 Å². The number of aromatic amines is 1. The molecular weight excluding hydrogens is 266 g/mol. The van der Waals surface area contributed by atoms with E-state index in [0.29, 0.717) is 18.4 Å². The van der Waals surface area contributed by atoms with Gasteiger partial charge < -0.3 is 5.11 Å². The Bertz CT molecular complexity index is 527. The number of carboxylic acids is 1. The van der Waals surface area contributed by atoms with E-state index >= 15 is 0 Å². The lowest BCUT2D eigenvalue weighted by molar-refractivity contribution is -0.141. The molecule has 3 aliphatic rings. The maximum absolute atomic E-state index is 11.5. The highest BCUT2D eigenvalue weighted by Crippen LogP contribution is 2.55. The van der Waals surface area contributed by atoms with Crippen LogP contribution in [0.2, 0.25) is 0 Å². The molecule has 3 atom stereocenters. The zero-order valence-electron chi connectivity index (χ0n) is 12.2. The number of aromatic nitrogens is 2. The predicted octanol–water partition coefficient (Wildman–Crippen LogP) is 2.27. The molecule has 1 heterocycles. The average Bonchev–Trinajstić information content (AvgIpc) is 2.82. The van der Waals surface area contributed by atoms with Crippen LogP contribution in [-0.4, -0.2) is 27.3 Å². The molecule has 3 fully saturated rings. The Labute approximate surface area is 124 Å². The quantitative estimate of drug-likeness (QED) is 0.750. The maximum Gasteiger partial charge on any atom is 0.320 e. The van der Waals surface area contributed by atoms with Gasteiger partial charge in [0.25, 0.3) is 0 Å². The molecule has 1 aromatic rings. The van der Waals surface area contributed by atoms with Crippen LogP contribution in [0.15, 0.2) is 6.07 Å². The monoisotopic (exact) mass is 289 g/mol. The highest BCUT2D eigenvalue weighted by molar-refractivity contribution is 5.74. The van der Waals surface area contributed by atoms with Gasteiger partial charge in [-0.05, 0) is 55.9 Å². The molecule has 0 bridgehead atoms. The second kappa shape index (κ2) is 5.13. The molecule has 3 aliphatic carbocycles. The van der Waals surface area contributed by atoms with Crippen LogP contribution in [0, 0.1) is 17.8 Å². The Hall–Kier alpha value is -1.36. The molecule has 0 amide bonds. The average molecular weight is 289 g/mol. The number of nitrogens with one attached hydrogen (secondary N) is 2. The zero-order chi connectivity index (χ0) is 14.4. The third-order valence-electron chi connectivity index (χ3n) is 5.70. The van der Waals surface area contributed by atoms with Crippen molar-refractivity contribution in [2.75, 3.05) is 0 Å². The molecular formula is C16H23N3O2. The summed E-state index contributed by atoms with van der Waals surface area (Å²) in [6.07, 6.45) is 7.28. The maximum atomic E-state index is 11.5. The Morgan fingerprint density at radius 2 is 2.14 bits per heavy atom. The molecule has 3 unspecified atom stereocenters. The molecule has 0 saturated heterocycles. The fourth-order valence-electron chi connectivity index (χ4n) is 4.09. The van der Waals surface area contributed by atoms with Gasteiger partial charge in [0.1, 0.15) is 6.04 Å². The van der Waals surface area contributed by atoms with E-state index < -0.39 is 12.0 Å². The van der Waals surface area contributed by atoms with Crippen molar-refractivity contribution in [3.05, 3.63) is 17.5 Å². The van der Waals surface area contributed by atoms with Gasteiger partial charge in [-0.2, -0.15) is 5.10 Å². The molecule has 0 aromatic carbocycles. The van der Waals surface area contributed by atoms with Crippen LogP contribution in [0.1, 0.15) is 55.8 Å². The standard InChI is InChI=1S/C16H23N3O2/c20-16(21)15(12-5-10-4-11(10)6-12)17-8-13-7-14(19-18-13)9-2-1-3-9/h7,9-12,15,17H,1-6,8H2,(H,18,19)(H,20,21). The summed E-state index contributed by atoms with van der Waals surface area (Å²) in [5, 5.41) is 20.1. The second-order valence-electron chi connectivity index (χ2n) is 7.13. The largest absolute Gasteiger partial charge is 0.480 e. The Balaban J connectivity index is 1.35. The molecule has 3 saturated carbocycles. The van der Waals surface area contributed by atoms with Crippen LogP contribution >= 0.6 is 0 Å². The van der Waals surface area contributed by atoms with Gasteiger partial charge in [-0.15, -0.1) is 0 Å². The smallest absolute Gasteiger partial charge is 0.320 e. The summed E-state index contributed by atoms with van der Waals surface area (Å²) >= 11 is 0. The number of H-pyrrole nitrogens is 1. The number of fused-ring (bicyclic) bond motifs is 1. The topological polar surface area (TPSA) is 78.0 Å². The van der Waals surface area contributed by atoms with Crippen LogP contribution in [0.5, 0.6) is 0 Å². The highest BCUT2D eigenvalue weighted by Gasteiger charge is 2.49. The van der Waals surface area contributed by atoms with Gasteiger partial charge in [-0.1, -0.05) is 6.42 Å². The summed E-state index contributed by atoms with van der Waals surface area (Å²) in [7, 11) is 0. The number of hydrogen-bond donors (Lipinski definition) is 3. The molecule has 21 heavy (non-hydrogen) atoms. The highest BCUT2D eigenvalue weighted by atomic mass is 16.4. The first-order valence-corrected chi connectivity index (χ1v) is 8.21. The first kappa shape index (κ1) is 13.3. The van der Waals surface area contributed by atoms with Crippen molar-refractivity contribution in [2.24, 2.45) is 17.8 Å². The lowest BCUT2D eigenvalue weighted by Gasteiger charge is -2.23. The molecule has 0 radical (unpaired) electrons. The molecule has 4 rings (SSSR count). The van der Waals surface area contributed by atoms with Crippen LogP contribution in [0.25, 0.3) is 0 Å². The summed E-state index contributed by atoms with van der Waals surface area (Å²) in [4.78, 5) is 11.5. The zero-order valence-corrected chi connectivity index (χ0v) is 12.2. The summed E-state index contributed by atoms with van der Waals surface area (Å²) < 4.78 is 0. The van der Waals surface area contributed by atoms with Gasteiger partial charge in [0, 0.05) is 18.2 Å². The van der Waals surface area contributed by atoms with Crippen molar-refractivity contribution < 1.29 is 9.90 Å². The number of carbonyl (C=O) groups is 1. The minimum Gasteiger partial charge on any atom is -0.480 e.